The fraction of sp³-hybridized carbons (Fsp3) is 0.0952. The van der Waals surface area contributed by atoms with E-state index in [1.165, 1.54) is 36.3 Å². The Morgan fingerprint density at radius 1 is 0.931 bits per heavy atom. The number of ether oxygens (including phenoxy) is 1. The van der Waals surface area contributed by atoms with Crippen LogP contribution in [0.2, 0.25) is 0 Å². The van der Waals surface area contributed by atoms with Crippen molar-refractivity contribution in [2.45, 2.75) is 11.4 Å². The summed E-state index contributed by atoms with van der Waals surface area (Å²) in [6.07, 6.45) is 0. The molecule has 0 saturated heterocycles. The first-order valence-corrected chi connectivity index (χ1v) is 10.2. The van der Waals surface area contributed by atoms with Crippen molar-refractivity contribution in [3.05, 3.63) is 84.2 Å². The van der Waals surface area contributed by atoms with Crippen molar-refractivity contribution >= 4 is 27.4 Å². The summed E-state index contributed by atoms with van der Waals surface area (Å²) in [6, 6.07) is 17.7. The Labute approximate surface area is 167 Å². The van der Waals surface area contributed by atoms with Crippen LogP contribution in [0.15, 0.2) is 77.7 Å². The van der Waals surface area contributed by atoms with E-state index in [-0.39, 0.29) is 28.6 Å². The lowest BCUT2D eigenvalue weighted by Crippen LogP contribution is -2.50. The lowest BCUT2D eigenvalue weighted by atomic mass is 10.2. The normalized spacial score (nSPS) is 15.2. The molecule has 3 aromatic rings. The van der Waals surface area contributed by atoms with Crippen LogP contribution in [0.3, 0.4) is 0 Å². The van der Waals surface area contributed by atoms with Gasteiger partial charge in [0.15, 0.2) is 0 Å². The van der Waals surface area contributed by atoms with Gasteiger partial charge in [0.2, 0.25) is 0 Å². The minimum Gasteiger partial charge on any atom is -0.495 e. The van der Waals surface area contributed by atoms with Crippen LogP contribution in [0.5, 0.6) is 5.75 Å². The molecular formula is C21H17FN2O4S. The maximum Gasteiger partial charge on any atom is 0.343 e. The summed E-state index contributed by atoms with van der Waals surface area (Å²) in [6.45, 7) is 0.00871. The number of hydrogen-bond acceptors (Lipinski definition) is 4. The minimum atomic E-state index is -4.16. The molecule has 0 radical (unpaired) electrons. The molecule has 6 nitrogen and oxygen atoms in total. The minimum absolute atomic E-state index is 0.00871. The van der Waals surface area contributed by atoms with E-state index in [1.54, 1.807) is 48.5 Å². The van der Waals surface area contributed by atoms with Gasteiger partial charge in [-0.2, -0.15) is 4.31 Å². The van der Waals surface area contributed by atoms with Gasteiger partial charge in [0, 0.05) is 0 Å². The molecule has 0 aliphatic carbocycles. The van der Waals surface area contributed by atoms with E-state index in [9.17, 15) is 17.6 Å². The molecule has 0 atom stereocenters. The number of anilines is 2. The molecular weight excluding hydrogens is 395 g/mol. The van der Waals surface area contributed by atoms with Gasteiger partial charge in [0.05, 0.1) is 19.3 Å². The van der Waals surface area contributed by atoms with E-state index in [0.29, 0.717) is 5.56 Å². The molecule has 0 unspecified atom stereocenters. The van der Waals surface area contributed by atoms with Crippen LogP contribution < -0.4 is 13.9 Å². The molecule has 1 aliphatic rings. The van der Waals surface area contributed by atoms with Crippen molar-refractivity contribution in [2.75, 3.05) is 16.3 Å². The molecule has 1 aliphatic heterocycles. The number of halogens is 1. The van der Waals surface area contributed by atoms with Gasteiger partial charge in [-0.25, -0.2) is 17.6 Å². The first-order chi connectivity index (χ1) is 13.9. The molecule has 29 heavy (non-hydrogen) atoms. The zero-order valence-corrected chi connectivity index (χ0v) is 16.3. The summed E-state index contributed by atoms with van der Waals surface area (Å²) in [4.78, 5) is 14.7. The number of urea groups is 1. The SMILES string of the molecule is COc1ccccc1N1C(=O)N(Cc2cccc(F)c2)c2ccccc2S1(=O)=O. The van der Waals surface area contributed by atoms with Crippen LogP contribution >= 0.6 is 0 Å². The van der Waals surface area contributed by atoms with Crippen molar-refractivity contribution in [3.63, 3.8) is 0 Å². The molecule has 1 heterocycles. The molecule has 0 saturated carbocycles. The van der Waals surface area contributed by atoms with Crippen LogP contribution in [0.25, 0.3) is 0 Å². The maximum absolute atomic E-state index is 13.7. The number of rotatable bonds is 4. The number of nitrogens with zero attached hydrogens (tertiary/aromatic N) is 2. The molecule has 148 valence electrons. The average Bonchev–Trinajstić information content (AvgIpc) is 2.71. The summed E-state index contributed by atoms with van der Waals surface area (Å²) >= 11 is 0. The van der Waals surface area contributed by atoms with Crippen molar-refractivity contribution < 1.29 is 22.3 Å². The van der Waals surface area contributed by atoms with Crippen LogP contribution in [-0.2, 0) is 16.6 Å². The predicted molar refractivity (Wildman–Crippen MR) is 107 cm³/mol. The summed E-state index contributed by atoms with van der Waals surface area (Å²) in [7, 11) is -2.76. The summed E-state index contributed by atoms with van der Waals surface area (Å²) in [5.74, 6) is -0.191. The second kappa shape index (κ2) is 7.21. The number of carbonyl (C=O) groups is 1. The number of carbonyl (C=O) groups excluding carboxylic acids is 1. The molecule has 4 rings (SSSR count). The monoisotopic (exact) mass is 412 g/mol. The second-order valence-corrected chi connectivity index (χ2v) is 8.16. The van der Waals surface area contributed by atoms with E-state index in [1.807, 2.05) is 0 Å². The number of benzene rings is 3. The van der Waals surface area contributed by atoms with Crippen LogP contribution in [0.1, 0.15) is 5.56 Å². The third-order valence-electron chi connectivity index (χ3n) is 4.61. The third kappa shape index (κ3) is 3.21. The van der Waals surface area contributed by atoms with Gasteiger partial charge >= 0.3 is 6.03 Å². The Morgan fingerprint density at radius 3 is 2.34 bits per heavy atom. The van der Waals surface area contributed by atoms with Crippen LogP contribution in [0, 0.1) is 5.82 Å². The van der Waals surface area contributed by atoms with E-state index in [2.05, 4.69) is 0 Å². The third-order valence-corrected chi connectivity index (χ3v) is 6.35. The molecule has 0 spiro atoms. The number of hydrogen-bond donors (Lipinski definition) is 0. The molecule has 0 N–H and O–H groups in total. The lowest BCUT2D eigenvalue weighted by Gasteiger charge is -2.36. The number of methoxy groups -OCH3 is 1. The van der Waals surface area contributed by atoms with Crippen molar-refractivity contribution in [1.29, 1.82) is 0 Å². The topological polar surface area (TPSA) is 66.9 Å². The first kappa shape index (κ1) is 18.9. The highest BCUT2D eigenvalue weighted by atomic mass is 32.2. The van der Waals surface area contributed by atoms with Gasteiger partial charge in [0.1, 0.15) is 22.1 Å². The fourth-order valence-corrected chi connectivity index (χ4v) is 4.92. The van der Waals surface area contributed by atoms with Gasteiger partial charge in [-0.15, -0.1) is 0 Å². The van der Waals surface area contributed by atoms with Gasteiger partial charge in [-0.3, -0.25) is 4.90 Å². The van der Waals surface area contributed by atoms with E-state index < -0.39 is 21.9 Å². The van der Waals surface area contributed by atoms with E-state index >= 15 is 0 Å². The molecule has 3 aromatic carbocycles. The zero-order valence-electron chi connectivity index (χ0n) is 15.4. The predicted octanol–water partition coefficient (Wildman–Crippen LogP) is 4.17. The van der Waals surface area contributed by atoms with Gasteiger partial charge in [0.25, 0.3) is 10.0 Å². The maximum atomic E-state index is 13.7. The highest BCUT2D eigenvalue weighted by Crippen LogP contribution is 2.40. The van der Waals surface area contributed by atoms with Crippen molar-refractivity contribution in [3.8, 4) is 5.75 Å². The molecule has 0 fully saturated rings. The summed E-state index contributed by atoms with van der Waals surface area (Å²) in [5, 5.41) is 0. The quantitative estimate of drug-likeness (QED) is 0.645. The summed E-state index contributed by atoms with van der Waals surface area (Å²) < 4.78 is 46.2. The second-order valence-electron chi connectivity index (χ2n) is 6.41. The van der Waals surface area contributed by atoms with Crippen LogP contribution in [0.4, 0.5) is 20.6 Å². The van der Waals surface area contributed by atoms with Gasteiger partial charge in [-0.05, 0) is 42.0 Å². The van der Waals surface area contributed by atoms with Crippen molar-refractivity contribution in [2.24, 2.45) is 0 Å². The highest BCUT2D eigenvalue weighted by molar-refractivity contribution is 7.94. The lowest BCUT2D eigenvalue weighted by molar-refractivity contribution is 0.253. The number of amides is 2. The molecule has 8 heteroatoms. The number of fused-ring (bicyclic) bond motifs is 1. The number of sulfonamides is 1. The summed E-state index contributed by atoms with van der Waals surface area (Å²) in [5.41, 5.74) is 0.888. The highest BCUT2D eigenvalue weighted by Gasteiger charge is 2.43. The molecule has 0 bridgehead atoms. The Morgan fingerprint density at radius 2 is 1.62 bits per heavy atom. The van der Waals surface area contributed by atoms with Gasteiger partial charge in [-0.1, -0.05) is 36.4 Å². The molecule has 0 aromatic heterocycles. The first-order valence-electron chi connectivity index (χ1n) is 8.77. The Hall–Kier alpha value is -3.39. The number of para-hydroxylation sites is 3. The fourth-order valence-electron chi connectivity index (χ4n) is 3.31. The standard InChI is InChI=1S/C21H17FN2O4S/c1-28-19-11-4-2-9-17(19)24-21(25)23(14-15-7-6-8-16(22)13-15)18-10-3-5-12-20(18)29(24,26)27/h2-13H,14H2,1H3. The Kier molecular flexibility index (Phi) is 4.71. The van der Waals surface area contributed by atoms with E-state index in [0.717, 1.165) is 4.31 Å². The smallest absolute Gasteiger partial charge is 0.343 e. The van der Waals surface area contributed by atoms with E-state index in [4.69, 9.17) is 4.74 Å². The Balaban J connectivity index is 1.89. The average molecular weight is 412 g/mol. The van der Waals surface area contributed by atoms with Gasteiger partial charge < -0.3 is 4.74 Å². The largest absolute Gasteiger partial charge is 0.495 e. The molecule has 2 amide bonds. The van der Waals surface area contributed by atoms with Crippen LogP contribution in [-0.4, -0.2) is 21.6 Å². The Bertz CT molecular complexity index is 1200. The zero-order chi connectivity index (χ0) is 20.6. The van der Waals surface area contributed by atoms with Crippen molar-refractivity contribution in [1.82, 2.24) is 0 Å².